The van der Waals surface area contributed by atoms with Gasteiger partial charge in [-0.15, -0.1) is 0 Å². The van der Waals surface area contributed by atoms with Crippen LogP contribution in [-0.2, 0) is 4.79 Å². The van der Waals surface area contributed by atoms with E-state index < -0.39 is 11.0 Å². The highest BCUT2D eigenvalue weighted by atomic mass is 16.6. The molecule has 0 radical (unpaired) electrons. The van der Waals surface area contributed by atoms with Crippen molar-refractivity contribution in [1.82, 2.24) is 4.90 Å². The summed E-state index contributed by atoms with van der Waals surface area (Å²) in [5.41, 5.74) is 6.57. The zero-order valence-electron chi connectivity index (χ0n) is 12.1. The van der Waals surface area contributed by atoms with E-state index in [9.17, 15) is 14.9 Å². The van der Waals surface area contributed by atoms with Gasteiger partial charge < -0.3 is 10.6 Å². The molecular formula is C14H21N3O3. The van der Waals surface area contributed by atoms with Gasteiger partial charge in [0.1, 0.15) is 0 Å². The van der Waals surface area contributed by atoms with Crippen molar-refractivity contribution in [2.45, 2.75) is 38.8 Å². The van der Waals surface area contributed by atoms with Crippen LogP contribution < -0.4 is 5.73 Å². The molecule has 2 atom stereocenters. The maximum Gasteiger partial charge on any atom is 0.269 e. The second kappa shape index (κ2) is 7.00. The summed E-state index contributed by atoms with van der Waals surface area (Å²) < 4.78 is 0. The first-order valence-electron chi connectivity index (χ1n) is 6.65. The Morgan fingerprint density at radius 2 is 2.15 bits per heavy atom. The largest absolute Gasteiger partial charge is 0.338 e. The van der Waals surface area contributed by atoms with Crippen molar-refractivity contribution in [2.24, 2.45) is 5.73 Å². The molecule has 0 aliphatic heterocycles. The molecule has 20 heavy (non-hydrogen) atoms. The Balaban J connectivity index is 2.88. The van der Waals surface area contributed by atoms with Gasteiger partial charge in [0.25, 0.3) is 5.69 Å². The minimum absolute atomic E-state index is 0.0213. The third-order valence-corrected chi connectivity index (χ3v) is 3.41. The summed E-state index contributed by atoms with van der Waals surface area (Å²) in [5.74, 6) is -0.147. The van der Waals surface area contributed by atoms with Crippen LogP contribution in [0.5, 0.6) is 0 Å². The van der Waals surface area contributed by atoms with Crippen LogP contribution in [0.15, 0.2) is 24.3 Å². The highest BCUT2D eigenvalue weighted by Gasteiger charge is 2.23. The molecule has 0 aromatic heterocycles. The van der Waals surface area contributed by atoms with E-state index in [-0.39, 0.29) is 17.6 Å². The molecule has 2 N–H and O–H groups in total. The Kier molecular flexibility index (Phi) is 5.64. The van der Waals surface area contributed by atoms with E-state index in [0.717, 1.165) is 12.0 Å². The van der Waals surface area contributed by atoms with Crippen LogP contribution in [0, 0.1) is 10.1 Å². The van der Waals surface area contributed by atoms with E-state index in [1.165, 1.54) is 12.1 Å². The van der Waals surface area contributed by atoms with E-state index in [1.807, 2.05) is 13.8 Å². The quantitative estimate of drug-likeness (QED) is 0.638. The first kappa shape index (κ1) is 16.1. The molecule has 6 nitrogen and oxygen atoms in total. The molecule has 1 rings (SSSR count). The number of carbonyl (C=O) groups excluding carboxylic acids is 1. The van der Waals surface area contributed by atoms with Gasteiger partial charge in [-0.05, 0) is 18.9 Å². The molecule has 0 aliphatic rings. The van der Waals surface area contributed by atoms with Crippen molar-refractivity contribution in [3.05, 3.63) is 39.9 Å². The second-order valence-electron chi connectivity index (χ2n) is 4.87. The fourth-order valence-corrected chi connectivity index (χ4v) is 2.01. The SMILES string of the molecule is CCC[C@@H](N)C(=O)N(C)C(C)c1cccc([N+](=O)[O-])c1. The Hall–Kier alpha value is -1.95. The molecular weight excluding hydrogens is 258 g/mol. The van der Waals surface area contributed by atoms with Crippen molar-refractivity contribution < 1.29 is 9.72 Å². The van der Waals surface area contributed by atoms with Gasteiger partial charge in [-0.2, -0.15) is 0 Å². The number of rotatable bonds is 6. The number of likely N-dealkylation sites (N-methyl/N-ethyl adjacent to an activating group) is 1. The number of nitrogens with two attached hydrogens (primary N) is 1. The van der Waals surface area contributed by atoms with Crippen LogP contribution in [-0.4, -0.2) is 28.8 Å². The molecule has 0 spiro atoms. The summed E-state index contributed by atoms with van der Waals surface area (Å²) in [7, 11) is 1.67. The van der Waals surface area contributed by atoms with Gasteiger partial charge in [0.15, 0.2) is 0 Å². The Morgan fingerprint density at radius 1 is 1.50 bits per heavy atom. The van der Waals surface area contributed by atoms with Crippen LogP contribution in [0.4, 0.5) is 5.69 Å². The number of nitrogens with zero attached hydrogens (tertiary/aromatic N) is 2. The predicted octanol–water partition coefficient (Wildman–Crippen LogP) is 2.24. The topological polar surface area (TPSA) is 89.5 Å². The highest BCUT2D eigenvalue weighted by molar-refractivity contribution is 5.81. The van der Waals surface area contributed by atoms with E-state index in [4.69, 9.17) is 5.73 Å². The molecule has 0 saturated carbocycles. The molecule has 0 heterocycles. The Labute approximate surface area is 118 Å². The molecule has 110 valence electrons. The van der Waals surface area contributed by atoms with Gasteiger partial charge in [0, 0.05) is 19.2 Å². The molecule has 1 unspecified atom stereocenters. The number of hydrogen-bond acceptors (Lipinski definition) is 4. The van der Waals surface area contributed by atoms with Crippen LogP contribution >= 0.6 is 0 Å². The average Bonchev–Trinajstić information content (AvgIpc) is 2.45. The zero-order chi connectivity index (χ0) is 15.3. The highest BCUT2D eigenvalue weighted by Crippen LogP contribution is 2.23. The van der Waals surface area contributed by atoms with Crippen molar-refractivity contribution in [1.29, 1.82) is 0 Å². The monoisotopic (exact) mass is 279 g/mol. The first-order valence-corrected chi connectivity index (χ1v) is 6.65. The summed E-state index contributed by atoms with van der Waals surface area (Å²) in [6.07, 6.45) is 1.47. The van der Waals surface area contributed by atoms with E-state index >= 15 is 0 Å². The maximum atomic E-state index is 12.1. The Bertz CT molecular complexity index is 490. The van der Waals surface area contributed by atoms with Gasteiger partial charge in [0.05, 0.1) is 17.0 Å². The second-order valence-corrected chi connectivity index (χ2v) is 4.87. The van der Waals surface area contributed by atoms with Crippen LogP contribution in [0.1, 0.15) is 38.3 Å². The van der Waals surface area contributed by atoms with Crippen molar-refractivity contribution >= 4 is 11.6 Å². The summed E-state index contributed by atoms with van der Waals surface area (Å²) in [6, 6.07) is 5.53. The molecule has 1 aromatic carbocycles. The smallest absolute Gasteiger partial charge is 0.269 e. The molecule has 1 amide bonds. The molecule has 6 heteroatoms. The van der Waals surface area contributed by atoms with Gasteiger partial charge in [0.2, 0.25) is 5.91 Å². The number of nitro groups is 1. The van der Waals surface area contributed by atoms with Crippen LogP contribution in [0.3, 0.4) is 0 Å². The molecule has 1 aromatic rings. The normalized spacial score (nSPS) is 13.6. The summed E-state index contributed by atoms with van der Waals surface area (Å²) in [5, 5.41) is 10.8. The number of amides is 1. The lowest BCUT2D eigenvalue weighted by Crippen LogP contribution is -2.42. The average molecular weight is 279 g/mol. The van der Waals surface area contributed by atoms with Gasteiger partial charge in [-0.25, -0.2) is 0 Å². The number of non-ortho nitro benzene ring substituents is 1. The fourth-order valence-electron chi connectivity index (χ4n) is 2.01. The van der Waals surface area contributed by atoms with Gasteiger partial charge >= 0.3 is 0 Å². The van der Waals surface area contributed by atoms with Crippen LogP contribution in [0.2, 0.25) is 0 Å². The van der Waals surface area contributed by atoms with Crippen molar-refractivity contribution in [2.75, 3.05) is 7.05 Å². The zero-order valence-corrected chi connectivity index (χ0v) is 12.1. The molecule has 0 aliphatic carbocycles. The fraction of sp³-hybridized carbons (Fsp3) is 0.500. The minimum atomic E-state index is -0.522. The van der Waals surface area contributed by atoms with Crippen molar-refractivity contribution in [3.8, 4) is 0 Å². The van der Waals surface area contributed by atoms with Gasteiger partial charge in [-0.3, -0.25) is 14.9 Å². The molecule has 0 bridgehead atoms. The maximum absolute atomic E-state index is 12.1. The molecule has 0 saturated heterocycles. The third-order valence-electron chi connectivity index (χ3n) is 3.41. The third kappa shape index (κ3) is 3.77. The lowest BCUT2D eigenvalue weighted by molar-refractivity contribution is -0.384. The van der Waals surface area contributed by atoms with E-state index in [0.29, 0.717) is 6.42 Å². The summed E-state index contributed by atoms with van der Waals surface area (Å²) >= 11 is 0. The number of nitro benzene ring substituents is 1. The summed E-state index contributed by atoms with van der Waals surface area (Å²) in [4.78, 5) is 24.0. The van der Waals surface area contributed by atoms with Crippen molar-refractivity contribution in [3.63, 3.8) is 0 Å². The van der Waals surface area contributed by atoms with Crippen LogP contribution in [0.25, 0.3) is 0 Å². The Morgan fingerprint density at radius 3 is 2.70 bits per heavy atom. The predicted molar refractivity (Wildman–Crippen MR) is 77.2 cm³/mol. The van der Waals surface area contributed by atoms with E-state index in [2.05, 4.69) is 0 Å². The van der Waals surface area contributed by atoms with E-state index in [1.54, 1.807) is 24.1 Å². The van der Waals surface area contributed by atoms with Gasteiger partial charge in [-0.1, -0.05) is 25.5 Å². The standard InChI is InChI=1S/C14H21N3O3/c1-4-6-13(15)14(18)16(3)10(2)11-7-5-8-12(9-11)17(19)20/h5,7-10,13H,4,6,15H2,1-3H3/t10?,13-/m1/s1. The minimum Gasteiger partial charge on any atom is -0.338 e. The summed E-state index contributed by atoms with van der Waals surface area (Å²) in [6.45, 7) is 3.80. The first-order chi connectivity index (χ1) is 9.38. The number of hydrogen-bond donors (Lipinski definition) is 1. The number of benzene rings is 1. The number of carbonyl (C=O) groups is 1. The lowest BCUT2D eigenvalue weighted by Gasteiger charge is -2.27. The lowest BCUT2D eigenvalue weighted by atomic mass is 10.0. The molecule has 0 fully saturated rings.